The van der Waals surface area contributed by atoms with E-state index >= 15 is 0 Å². The second-order valence-corrected chi connectivity index (χ2v) is 9.89. The Balaban J connectivity index is 1.46. The van der Waals surface area contributed by atoms with Crippen LogP contribution >= 0.6 is 15.9 Å². The molecular formula is C26H32BrN5O2. The average molecular weight is 526 g/mol. The van der Waals surface area contributed by atoms with E-state index in [4.69, 9.17) is 14.7 Å². The molecule has 8 heteroatoms. The number of esters is 1. The summed E-state index contributed by atoms with van der Waals surface area (Å²) in [5.74, 6) is 1.20. The molecule has 1 atom stereocenters. The Morgan fingerprint density at radius 3 is 2.32 bits per heavy atom. The van der Waals surface area contributed by atoms with E-state index in [1.807, 2.05) is 44.2 Å². The number of rotatable bonds is 8. The van der Waals surface area contributed by atoms with Crippen LogP contribution in [0.5, 0.6) is 0 Å². The number of piperazine rings is 1. The van der Waals surface area contributed by atoms with Crippen LogP contribution in [-0.2, 0) is 22.6 Å². The van der Waals surface area contributed by atoms with E-state index < -0.39 is 6.04 Å². The van der Waals surface area contributed by atoms with Crippen LogP contribution in [-0.4, -0.2) is 65.1 Å². The summed E-state index contributed by atoms with van der Waals surface area (Å²) in [5.41, 5.74) is 2.18. The lowest BCUT2D eigenvalue weighted by Crippen LogP contribution is -2.45. The molecule has 0 aliphatic carbocycles. The van der Waals surface area contributed by atoms with Crippen LogP contribution in [0.2, 0.25) is 0 Å². The standard InChI is InChI=1S/C26H32BrN5O2/c1-18(2)24(26(33)34-3)30-25-20-9-5-7-11-22(20)28-23(29-25)17-32-14-12-31(13-15-32)16-19-8-4-6-10-21(19)27/h4-11,18,24H,12-17H2,1-3H3,(H,28,29,30)/t24-/m0/s1. The van der Waals surface area contributed by atoms with Gasteiger partial charge in [-0.15, -0.1) is 0 Å². The molecule has 1 N–H and O–H groups in total. The van der Waals surface area contributed by atoms with Crippen molar-refractivity contribution in [1.29, 1.82) is 0 Å². The fourth-order valence-corrected chi connectivity index (χ4v) is 4.66. The van der Waals surface area contributed by atoms with Gasteiger partial charge in [-0.1, -0.05) is 60.1 Å². The molecule has 3 aromatic rings. The van der Waals surface area contributed by atoms with Crippen molar-refractivity contribution < 1.29 is 9.53 Å². The van der Waals surface area contributed by atoms with Gasteiger partial charge >= 0.3 is 5.97 Å². The molecule has 0 bridgehead atoms. The van der Waals surface area contributed by atoms with Crippen LogP contribution in [0, 0.1) is 5.92 Å². The van der Waals surface area contributed by atoms with Crippen LogP contribution in [0.15, 0.2) is 53.0 Å². The van der Waals surface area contributed by atoms with Crippen molar-refractivity contribution in [3.05, 3.63) is 64.4 Å². The molecule has 0 spiro atoms. The molecule has 4 rings (SSSR count). The lowest BCUT2D eigenvalue weighted by atomic mass is 10.0. The largest absolute Gasteiger partial charge is 0.467 e. The van der Waals surface area contributed by atoms with E-state index in [0.29, 0.717) is 12.4 Å². The Bertz CT molecular complexity index is 1130. The summed E-state index contributed by atoms with van der Waals surface area (Å²) >= 11 is 3.66. The highest BCUT2D eigenvalue weighted by Gasteiger charge is 2.25. The molecule has 7 nitrogen and oxygen atoms in total. The van der Waals surface area contributed by atoms with Crippen molar-refractivity contribution in [3.8, 4) is 0 Å². The number of aromatic nitrogens is 2. The van der Waals surface area contributed by atoms with Gasteiger partial charge < -0.3 is 10.1 Å². The van der Waals surface area contributed by atoms with E-state index in [0.717, 1.165) is 53.9 Å². The summed E-state index contributed by atoms with van der Waals surface area (Å²) in [4.78, 5) is 26.9. The molecule has 1 aromatic heterocycles. The lowest BCUT2D eigenvalue weighted by molar-refractivity contribution is -0.142. The number of carbonyl (C=O) groups is 1. The molecular weight excluding hydrogens is 494 g/mol. The number of hydrogen-bond acceptors (Lipinski definition) is 7. The molecule has 1 fully saturated rings. The van der Waals surface area contributed by atoms with Gasteiger partial charge in [0.2, 0.25) is 0 Å². The van der Waals surface area contributed by atoms with Crippen LogP contribution in [0.25, 0.3) is 10.9 Å². The zero-order valence-corrected chi connectivity index (χ0v) is 21.6. The van der Waals surface area contributed by atoms with Crippen molar-refractivity contribution in [1.82, 2.24) is 19.8 Å². The van der Waals surface area contributed by atoms with Gasteiger partial charge in [-0.2, -0.15) is 0 Å². The number of para-hydroxylation sites is 1. The predicted molar refractivity (Wildman–Crippen MR) is 138 cm³/mol. The number of fused-ring (bicyclic) bond motifs is 1. The molecule has 1 aliphatic rings. The van der Waals surface area contributed by atoms with Gasteiger partial charge in [0.1, 0.15) is 17.7 Å². The van der Waals surface area contributed by atoms with E-state index in [1.165, 1.54) is 12.7 Å². The first-order valence-corrected chi connectivity index (χ1v) is 12.5. The summed E-state index contributed by atoms with van der Waals surface area (Å²) in [6, 6.07) is 15.8. The second kappa shape index (κ2) is 11.3. The highest BCUT2D eigenvalue weighted by molar-refractivity contribution is 9.10. The summed E-state index contributed by atoms with van der Waals surface area (Å²) in [5, 5.41) is 4.23. The first-order chi connectivity index (χ1) is 16.4. The van der Waals surface area contributed by atoms with Crippen LogP contribution in [0.4, 0.5) is 5.82 Å². The molecule has 180 valence electrons. The minimum atomic E-state index is -0.475. The minimum Gasteiger partial charge on any atom is -0.467 e. The number of hydrogen-bond donors (Lipinski definition) is 1. The topological polar surface area (TPSA) is 70.6 Å². The van der Waals surface area contributed by atoms with Gasteiger partial charge in [-0.05, 0) is 29.7 Å². The molecule has 0 amide bonds. The summed E-state index contributed by atoms with van der Waals surface area (Å²) in [7, 11) is 1.42. The molecule has 2 aromatic carbocycles. The first kappa shape index (κ1) is 24.6. The second-order valence-electron chi connectivity index (χ2n) is 9.04. The summed E-state index contributed by atoms with van der Waals surface area (Å²) in [6.45, 7) is 9.52. The number of halogens is 1. The quantitative estimate of drug-likeness (QED) is 0.439. The predicted octanol–water partition coefficient (Wildman–Crippen LogP) is 4.32. The van der Waals surface area contributed by atoms with E-state index in [2.05, 4.69) is 49.2 Å². The number of benzene rings is 2. The minimum absolute atomic E-state index is 0.0577. The monoisotopic (exact) mass is 525 g/mol. The van der Waals surface area contributed by atoms with Gasteiger partial charge in [0.15, 0.2) is 0 Å². The van der Waals surface area contributed by atoms with Crippen LogP contribution < -0.4 is 5.32 Å². The van der Waals surface area contributed by atoms with Gasteiger partial charge in [-0.3, -0.25) is 9.80 Å². The summed E-state index contributed by atoms with van der Waals surface area (Å²) < 4.78 is 6.17. The molecule has 34 heavy (non-hydrogen) atoms. The zero-order chi connectivity index (χ0) is 24.1. The zero-order valence-electron chi connectivity index (χ0n) is 20.0. The Morgan fingerprint density at radius 1 is 1.00 bits per heavy atom. The number of nitrogens with one attached hydrogen (secondary N) is 1. The van der Waals surface area contributed by atoms with E-state index in [1.54, 1.807) is 0 Å². The first-order valence-electron chi connectivity index (χ1n) is 11.7. The van der Waals surface area contributed by atoms with Crippen molar-refractivity contribution >= 4 is 38.6 Å². The molecule has 0 radical (unpaired) electrons. The number of anilines is 1. The molecule has 1 saturated heterocycles. The highest BCUT2D eigenvalue weighted by Crippen LogP contribution is 2.24. The Kier molecular flexibility index (Phi) is 8.13. The van der Waals surface area contributed by atoms with Crippen molar-refractivity contribution in [3.63, 3.8) is 0 Å². The average Bonchev–Trinajstić information content (AvgIpc) is 2.84. The van der Waals surface area contributed by atoms with Crippen LogP contribution in [0.3, 0.4) is 0 Å². The highest BCUT2D eigenvalue weighted by atomic mass is 79.9. The van der Waals surface area contributed by atoms with E-state index in [-0.39, 0.29) is 11.9 Å². The van der Waals surface area contributed by atoms with Crippen molar-refractivity contribution in [2.45, 2.75) is 33.0 Å². The lowest BCUT2D eigenvalue weighted by Gasteiger charge is -2.34. The maximum Gasteiger partial charge on any atom is 0.328 e. The van der Waals surface area contributed by atoms with Gasteiger partial charge in [0.05, 0.1) is 19.2 Å². The third kappa shape index (κ3) is 5.92. The molecule has 1 aliphatic heterocycles. The maximum atomic E-state index is 12.3. The number of nitrogens with zero attached hydrogens (tertiary/aromatic N) is 4. The SMILES string of the molecule is COC(=O)[C@@H](Nc1nc(CN2CCN(Cc3ccccc3Br)CC2)nc2ccccc12)C(C)C. The van der Waals surface area contributed by atoms with Crippen LogP contribution in [0.1, 0.15) is 25.2 Å². The van der Waals surface area contributed by atoms with Gasteiger partial charge in [0, 0.05) is 42.6 Å². The smallest absolute Gasteiger partial charge is 0.328 e. The molecule has 0 saturated carbocycles. The third-order valence-electron chi connectivity index (χ3n) is 6.25. The number of ether oxygens (including phenoxy) is 1. The van der Waals surface area contributed by atoms with Crippen molar-refractivity contribution in [2.24, 2.45) is 5.92 Å². The Hall–Kier alpha value is -2.55. The molecule has 2 heterocycles. The number of methoxy groups -OCH3 is 1. The normalized spacial score (nSPS) is 16.0. The fraction of sp³-hybridized carbons (Fsp3) is 0.423. The maximum absolute atomic E-state index is 12.3. The van der Waals surface area contributed by atoms with Gasteiger partial charge in [0.25, 0.3) is 0 Å². The van der Waals surface area contributed by atoms with E-state index in [9.17, 15) is 4.79 Å². The van der Waals surface area contributed by atoms with Gasteiger partial charge in [-0.25, -0.2) is 14.8 Å². The number of carbonyl (C=O) groups excluding carboxylic acids is 1. The fourth-order valence-electron chi connectivity index (χ4n) is 4.25. The Labute approximate surface area is 209 Å². The molecule has 0 unspecified atom stereocenters. The Morgan fingerprint density at radius 2 is 1.65 bits per heavy atom. The third-order valence-corrected chi connectivity index (χ3v) is 7.02. The van der Waals surface area contributed by atoms with Crippen molar-refractivity contribution in [2.75, 3.05) is 38.6 Å². The summed E-state index contributed by atoms with van der Waals surface area (Å²) in [6.07, 6.45) is 0.